The van der Waals surface area contributed by atoms with E-state index in [4.69, 9.17) is 27.1 Å². The van der Waals surface area contributed by atoms with Crippen LogP contribution in [0.3, 0.4) is 0 Å². The zero-order valence-electron chi connectivity index (χ0n) is 45.0. The van der Waals surface area contributed by atoms with Gasteiger partial charge < -0.3 is 49.1 Å². The Kier molecular flexibility index (Phi) is 39.2. The number of ether oxygens (including phenoxy) is 3. The van der Waals surface area contributed by atoms with E-state index in [0.29, 0.717) is 25.1 Å². The van der Waals surface area contributed by atoms with Gasteiger partial charge in [-0.1, -0.05) is 143 Å². The van der Waals surface area contributed by atoms with Gasteiger partial charge in [-0.3, -0.25) is 19.4 Å². The molecular weight excluding hydrogens is 1050 g/mol. The van der Waals surface area contributed by atoms with Gasteiger partial charge in [0.25, 0.3) is 0 Å². The fraction of sp³-hybridized carbons (Fsp3) is 0.390. The molecule has 0 radical (unpaired) electrons. The van der Waals surface area contributed by atoms with Crippen LogP contribution in [-0.4, -0.2) is 92.9 Å². The van der Waals surface area contributed by atoms with Crippen molar-refractivity contribution >= 4 is 74.3 Å². The van der Waals surface area contributed by atoms with E-state index in [0.717, 1.165) is 28.6 Å². The summed E-state index contributed by atoms with van der Waals surface area (Å²) < 4.78 is 15.9. The number of benzene rings is 4. The van der Waals surface area contributed by atoms with E-state index >= 15 is 0 Å². The summed E-state index contributed by atoms with van der Waals surface area (Å²) in [6, 6.07) is 38.1. The third kappa shape index (κ3) is 40.4. The molecule has 0 saturated heterocycles. The summed E-state index contributed by atoms with van der Waals surface area (Å²) in [5.41, 5.74) is 3.29. The first-order valence-electron chi connectivity index (χ1n) is 22.7. The number of halogens is 2. The van der Waals surface area contributed by atoms with Crippen LogP contribution >= 0.6 is 15.9 Å². The van der Waals surface area contributed by atoms with E-state index in [2.05, 4.69) is 41.4 Å². The Balaban J connectivity index is -0.0000000291. The molecule has 1 N–H and O–H groups in total. The third-order valence-electron chi connectivity index (χ3n) is 8.07. The number of Topliss-reactive ketones (excluding diaryl/α,β-unsaturated/α-hetero) is 1. The minimum Gasteiger partial charge on any atom is -1.00 e. The van der Waals surface area contributed by atoms with Crippen molar-refractivity contribution in [2.24, 2.45) is 0 Å². The standard InChI is InChI=1S/C15H21NO2.C14H19NO3.C12H16O2.C12H14O.C4H7Br.C2H.BrH.Mg.19H2/c1-12(2)11-16(13-9-7-6-8-10-13)14(17)18-15(3,4)5;1-11(16)10-15(12-8-6-5-7-9-12)13(17)18-14(2,3)4;1-12(2,3)14-11(13)9-10-7-5-4-6-8-10;1-3-12(2,13)10-9-11-7-5-4-6-8-11;1-4(2)3-5;1-2;;;;;;;;;;;;;;;;;;;;;/h6-10H,1,11H2,2-5H3;5-9H,10H2,1-4H3;4-8H,9H2,1-3H3;1,4-8,13H,9-10H2,2H3;1,3H2,2H3;1H;1H;;19*1H/q;;;;;-1;;+2;;;;;;;;;;;;;;;;;;;/p-1. The molecule has 4 rings (SSSR count). The molecule has 426 valence electrons. The molecule has 0 fully saturated rings. The predicted molar refractivity (Wildman–Crippen MR) is 338 cm³/mol. The molecule has 0 spiro atoms. The topological polar surface area (TPSA) is 123 Å². The second kappa shape index (κ2) is 38.5. The molecule has 0 aliphatic rings. The summed E-state index contributed by atoms with van der Waals surface area (Å²) in [5, 5.41) is 10.5. The molecule has 0 aliphatic carbocycles. The van der Waals surface area contributed by atoms with Gasteiger partial charge in [0.15, 0.2) is 0 Å². The third-order valence-corrected chi connectivity index (χ3v) is 9.02. The zero-order valence-corrected chi connectivity index (χ0v) is 49.6. The average Bonchev–Trinajstić information content (AvgIpc) is 3.27. The maximum absolute atomic E-state index is 12.2. The van der Waals surface area contributed by atoms with Crippen LogP contribution in [0.5, 0.6) is 0 Å². The summed E-state index contributed by atoms with van der Waals surface area (Å²) in [7, 11) is 0. The fourth-order valence-corrected chi connectivity index (χ4v) is 5.11. The summed E-state index contributed by atoms with van der Waals surface area (Å²) in [5.74, 6) is 2.10. The quantitative estimate of drug-likeness (QED) is 0.0283. The fourth-order valence-electron chi connectivity index (χ4n) is 5.11. The number of carbonyl (C=O) groups excluding carboxylic acids is 4. The Labute approximate surface area is 496 Å². The van der Waals surface area contributed by atoms with Gasteiger partial charge in [-0.2, -0.15) is 0 Å². The SMILES string of the molecule is C#CC(C)(O)CCc1ccccc1.C=C(C)CBr.C=C(C)CN(C(=O)OC(C)(C)C)c1ccccc1.CC(=O)CN(C(=O)OC(C)(C)C)c1ccccc1.CC(C)(C)OC(=O)Cc1ccccc1.[Br-].[C-]#C.[HH].[HH].[HH].[HH].[HH].[HH].[HH].[HH].[HH].[HH].[HH].[HH].[HH].[HH].[HH].[HH].[HH].[HH].[HH].[Mg+2]. The number of amides is 2. The van der Waals surface area contributed by atoms with Crippen molar-refractivity contribution in [2.75, 3.05) is 28.2 Å². The van der Waals surface area contributed by atoms with Gasteiger partial charge in [0.2, 0.25) is 0 Å². The van der Waals surface area contributed by atoms with Gasteiger partial charge in [-0.05, 0) is 138 Å². The number of rotatable bonds is 12. The zero-order chi connectivity index (χ0) is 54.1. The number of terminal acetylenes is 2. The van der Waals surface area contributed by atoms with Crippen LogP contribution in [0.25, 0.3) is 0 Å². The average molecular weight is 1170 g/mol. The Bertz CT molecular complexity index is 2190. The smallest absolute Gasteiger partial charge is 1.00 e. The maximum atomic E-state index is 12.2. The van der Waals surface area contributed by atoms with Gasteiger partial charge >= 0.3 is 41.2 Å². The summed E-state index contributed by atoms with van der Waals surface area (Å²) in [4.78, 5) is 49.8. The van der Waals surface area contributed by atoms with Crippen LogP contribution in [0.4, 0.5) is 21.0 Å². The molecule has 1 unspecified atom stereocenters. The van der Waals surface area contributed by atoms with Crippen LogP contribution in [0.1, 0.15) is 135 Å². The molecule has 13 heteroatoms. The molecule has 0 heterocycles. The first-order valence-corrected chi connectivity index (χ1v) is 23.8. The molecule has 1 atom stereocenters. The van der Waals surface area contributed by atoms with Gasteiger partial charge in [-0.25, -0.2) is 9.59 Å². The Morgan fingerprint density at radius 3 is 1.22 bits per heavy atom. The summed E-state index contributed by atoms with van der Waals surface area (Å²) >= 11 is 3.21. The Hall–Kier alpha value is -5.15. The molecule has 2 amide bonds. The van der Waals surface area contributed by atoms with Crippen molar-refractivity contribution in [1.29, 1.82) is 0 Å². The number of esters is 1. The first-order chi connectivity index (χ1) is 32.5. The number of para-hydroxylation sites is 2. The van der Waals surface area contributed by atoms with Gasteiger partial charge in [0, 0.05) is 50.4 Å². The van der Waals surface area contributed by atoms with E-state index in [1.807, 2.05) is 165 Å². The monoisotopic (exact) mass is 1160 g/mol. The van der Waals surface area contributed by atoms with Crippen LogP contribution in [0.2, 0.25) is 0 Å². The number of hydrogen-bond acceptors (Lipinski definition) is 8. The second-order valence-electron chi connectivity index (χ2n) is 19.2. The Morgan fingerprint density at radius 2 is 0.931 bits per heavy atom. The molecule has 0 bridgehead atoms. The number of nitrogens with zero attached hydrogens (tertiary/aromatic N) is 2. The number of ketones is 1. The molecule has 10 nitrogen and oxygen atoms in total. The van der Waals surface area contributed by atoms with Crippen molar-refractivity contribution in [3.63, 3.8) is 0 Å². The van der Waals surface area contributed by atoms with Gasteiger partial charge in [0.1, 0.15) is 28.2 Å². The van der Waals surface area contributed by atoms with E-state index in [1.54, 1.807) is 44.7 Å². The van der Waals surface area contributed by atoms with Crippen molar-refractivity contribution in [2.45, 2.75) is 132 Å². The molecule has 0 aromatic heterocycles. The minimum absolute atomic E-state index is 0. The number of alkyl halides is 1. The Morgan fingerprint density at radius 1 is 0.611 bits per heavy atom. The van der Waals surface area contributed by atoms with E-state index < -0.39 is 28.5 Å². The van der Waals surface area contributed by atoms with E-state index in [-0.39, 0.29) is 91.5 Å². The van der Waals surface area contributed by atoms with E-state index in [1.165, 1.54) is 23.0 Å². The predicted octanol–water partition coefficient (Wildman–Crippen LogP) is 15.1. The van der Waals surface area contributed by atoms with Gasteiger partial charge in [-0.15, -0.1) is 6.42 Å². The van der Waals surface area contributed by atoms with Crippen molar-refractivity contribution in [1.82, 2.24) is 0 Å². The number of hydrogen-bond donors (Lipinski definition) is 1. The van der Waals surface area contributed by atoms with Crippen LogP contribution < -0.4 is 26.8 Å². The molecule has 0 aliphatic heterocycles. The van der Waals surface area contributed by atoms with Crippen LogP contribution in [0.15, 0.2) is 146 Å². The number of aliphatic hydroxyl groups is 1. The van der Waals surface area contributed by atoms with Crippen LogP contribution in [-0.2, 0) is 36.6 Å². The van der Waals surface area contributed by atoms with Crippen molar-refractivity contribution in [3.05, 3.63) is 163 Å². The second-order valence-corrected chi connectivity index (χ2v) is 19.8. The van der Waals surface area contributed by atoms with Gasteiger partial charge in [0.05, 0.1) is 13.0 Å². The first kappa shape index (κ1) is 73.4. The number of carbonyl (C=O) groups is 4. The van der Waals surface area contributed by atoms with Crippen molar-refractivity contribution < 1.29 is 82.6 Å². The molecule has 4 aromatic carbocycles. The number of anilines is 2. The van der Waals surface area contributed by atoms with E-state index in [9.17, 15) is 24.3 Å². The molecule has 0 saturated carbocycles. The van der Waals surface area contributed by atoms with Crippen LogP contribution in [0, 0.1) is 25.2 Å². The normalized spacial score (nSPS) is 10.8. The summed E-state index contributed by atoms with van der Waals surface area (Å²) in [6.45, 7) is 31.5. The minimum atomic E-state index is -0.976. The number of allylic oxidation sites excluding steroid dienone is 1. The molecule has 72 heavy (non-hydrogen) atoms. The molecular formula is C59H116Br2MgN2O8. The molecule has 4 aromatic rings. The maximum Gasteiger partial charge on any atom is 2.00 e. The van der Waals surface area contributed by atoms with Crippen molar-refractivity contribution in [3.8, 4) is 18.8 Å². The number of aryl methyl sites for hydroxylation is 1. The summed E-state index contributed by atoms with van der Waals surface area (Å²) in [6.07, 6.45) is 15.1. The largest absolute Gasteiger partial charge is 2.00 e.